The van der Waals surface area contributed by atoms with Crippen molar-refractivity contribution in [1.29, 1.82) is 0 Å². The summed E-state index contributed by atoms with van der Waals surface area (Å²) < 4.78 is 85.8. The van der Waals surface area contributed by atoms with Gasteiger partial charge in [0.25, 0.3) is 12.3 Å². The zero-order chi connectivity index (χ0) is 25.8. The number of nitrogens with one attached hydrogen (secondary N) is 1. The minimum Gasteiger partial charge on any atom is -0.479 e. The van der Waals surface area contributed by atoms with Crippen LogP contribution in [0.3, 0.4) is 0 Å². The Labute approximate surface area is 196 Å². The number of methoxy groups -OCH3 is 1. The van der Waals surface area contributed by atoms with Gasteiger partial charge in [-0.2, -0.15) is 4.98 Å². The van der Waals surface area contributed by atoms with Crippen molar-refractivity contribution < 1.29 is 28.1 Å². The maximum absolute atomic E-state index is 15.4. The van der Waals surface area contributed by atoms with Crippen LogP contribution in [0, 0.1) is 5.82 Å². The highest BCUT2D eigenvalue weighted by molar-refractivity contribution is 5.89. The highest BCUT2D eigenvalue weighted by Crippen LogP contribution is 2.36. The Hall–Kier alpha value is -3.55. The molecule has 0 bridgehead atoms. The van der Waals surface area contributed by atoms with Crippen LogP contribution in [0.4, 0.5) is 27.9 Å². The molecule has 0 saturated carbocycles. The molecule has 1 N–H and O–H groups in total. The van der Waals surface area contributed by atoms with Gasteiger partial charge in [-0.1, -0.05) is 11.3 Å². The SMILES string of the molecule is [2H]c1c(F)c(-c2ccc3nnn(CC(F)F)c3c2)c2c(OC)nc(N[C@@H]3CCN(C)CC3(F)F)nn12. The lowest BCUT2D eigenvalue weighted by molar-refractivity contribution is -0.0675. The Morgan fingerprint density at radius 1 is 1.34 bits per heavy atom. The smallest absolute Gasteiger partial charge is 0.280 e. The van der Waals surface area contributed by atoms with E-state index in [0.29, 0.717) is 12.1 Å². The Balaban J connectivity index is 1.61. The van der Waals surface area contributed by atoms with Crippen molar-refractivity contribution >= 4 is 22.5 Å². The van der Waals surface area contributed by atoms with Crippen LogP contribution < -0.4 is 10.1 Å². The number of halogens is 5. The van der Waals surface area contributed by atoms with E-state index >= 15 is 4.39 Å². The van der Waals surface area contributed by atoms with Crippen LogP contribution in [0.2, 0.25) is 0 Å². The third-order valence-corrected chi connectivity index (χ3v) is 5.88. The van der Waals surface area contributed by atoms with Crippen molar-refractivity contribution in [3.8, 4) is 17.0 Å². The molecule has 4 aromatic rings. The molecule has 1 atom stereocenters. The summed E-state index contributed by atoms with van der Waals surface area (Å²) in [5.74, 6) is -4.45. The number of fused-ring (bicyclic) bond motifs is 2. The van der Waals surface area contributed by atoms with Crippen LogP contribution in [-0.2, 0) is 6.54 Å². The molecule has 0 aliphatic carbocycles. The van der Waals surface area contributed by atoms with Crippen LogP contribution in [0.1, 0.15) is 7.79 Å². The number of hydrogen-bond acceptors (Lipinski definition) is 7. The largest absolute Gasteiger partial charge is 0.479 e. The van der Waals surface area contributed by atoms with Crippen LogP contribution >= 0.6 is 0 Å². The minimum absolute atomic E-state index is 0.0204. The summed E-state index contributed by atoms with van der Waals surface area (Å²) in [5.41, 5.74) is 0.648. The number of ether oxygens (including phenoxy) is 1. The number of anilines is 1. The Bertz CT molecular complexity index is 1440. The Morgan fingerprint density at radius 3 is 2.86 bits per heavy atom. The highest BCUT2D eigenvalue weighted by atomic mass is 19.3. The van der Waals surface area contributed by atoms with E-state index in [9.17, 15) is 17.6 Å². The maximum atomic E-state index is 15.4. The van der Waals surface area contributed by atoms with Crippen LogP contribution in [0.15, 0.2) is 24.4 Å². The zero-order valence-corrected chi connectivity index (χ0v) is 18.6. The standard InChI is InChI=1S/C21H21F5N8O/c1-32-6-5-15(21(25,26)10-32)27-20-28-19(35-2)18-17(12(22)8-34(18)30-20)11-3-4-13-14(7-11)33(31-29-13)9-16(23)24/h3-4,7-8,15-16H,5-6,9-10H2,1-2H3,(H,27,30)/t15-/m1/s1/i8D. The Morgan fingerprint density at radius 2 is 2.14 bits per heavy atom. The average Bonchev–Trinajstić information content (AvgIpc) is 3.32. The third kappa shape index (κ3) is 4.22. The predicted octanol–water partition coefficient (Wildman–Crippen LogP) is 3.31. The van der Waals surface area contributed by atoms with Gasteiger partial charge in [0.1, 0.15) is 17.6 Å². The first-order chi connectivity index (χ1) is 17.1. The second-order valence-corrected chi connectivity index (χ2v) is 8.36. The van der Waals surface area contributed by atoms with Gasteiger partial charge >= 0.3 is 0 Å². The number of alkyl halides is 4. The molecule has 1 aliphatic heterocycles. The molecular weight excluding hydrogens is 475 g/mol. The summed E-state index contributed by atoms with van der Waals surface area (Å²) in [7, 11) is 2.86. The highest BCUT2D eigenvalue weighted by Gasteiger charge is 2.44. The summed E-state index contributed by atoms with van der Waals surface area (Å²) in [5, 5.41) is 14.2. The summed E-state index contributed by atoms with van der Waals surface area (Å²) in [6.45, 7) is -0.723. The monoisotopic (exact) mass is 497 g/mol. The summed E-state index contributed by atoms with van der Waals surface area (Å²) in [6, 6.07) is 3.12. The predicted molar refractivity (Wildman–Crippen MR) is 116 cm³/mol. The van der Waals surface area contributed by atoms with Gasteiger partial charge in [-0.25, -0.2) is 31.1 Å². The van der Waals surface area contributed by atoms with Crippen LogP contribution in [0.25, 0.3) is 27.7 Å². The minimum atomic E-state index is -3.07. The molecule has 1 aliphatic rings. The van der Waals surface area contributed by atoms with E-state index < -0.39 is 43.5 Å². The zero-order valence-electron chi connectivity index (χ0n) is 19.6. The van der Waals surface area contributed by atoms with Crippen molar-refractivity contribution in [3.05, 3.63) is 30.2 Å². The summed E-state index contributed by atoms with van der Waals surface area (Å²) in [6.07, 6.45) is -3.22. The number of aromatic nitrogens is 6. The lowest BCUT2D eigenvalue weighted by Crippen LogP contribution is -2.53. The molecule has 186 valence electrons. The number of rotatable bonds is 6. The Kier molecular flexibility index (Phi) is 5.39. The van der Waals surface area contributed by atoms with Gasteiger partial charge in [0, 0.05) is 6.54 Å². The number of hydrogen-bond donors (Lipinski definition) is 1. The molecule has 0 amide bonds. The first-order valence-corrected chi connectivity index (χ1v) is 10.7. The van der Waals surface area contributed by atoms with Crippen molar-refractivity contribution in [2.75, 3.05) is 32.6 Å². The number of nitrogens with zero attached hydrogens (tertiary/aromatic N) is 7. The third-order valence-electron chi connectivity index (χ3n) is 5.88. The summed E-state index contributed by atoms with van der Waals surface area (Å²) >= 11 is 0. The fraction of sp³-hybridized carbons (Fsp3) is 0.429. The molecule has 0 unspecified atom stereocenters. The van der Waals surface area contributed by atoms with E-state index in [-0.39, 0.29) is 40.4 Å². The first-order valence-electron chi connectivity index (χ1n) is 11.2. The van der Waals surface area contributed by atoms with Gasteiger partial charge in [-0.3, -0.25) is 0 Å². The molecule has 9 nitrogen and oxygen atoms in total. The van der Waals surface area contributed by atoms with Gasteiger partial charge in [0.2, 0.25) is 11.8 Å². The van der Waals surface area contributed by atoms with Crippen molar-refractivity contribution in [3.63, 3.8) is 0 Å². The number of piperidine rings is 1. The maximum Gasteiger partial charge on any atom is 0.280 e. The molecule has 5 rings (SSSR count). The summed E-state index contributed by atoms with van der Waals surface area (Å²) in [4.78, 5) is 5.67. The number of likely N-dealkylation sites (tertiary alicyclic amines) is 1. The fourth-order valence-electron chi connectivity index (χ4n) is 4.25. The molecule has 0 spiro atoms. The van der Waals surface area contributed by atoms with E-state index in [4.69, 9.17) is 6.11 Å². The van der Waals surface area contributed by atoms with Gasteiger partial charge in [0.05, 0.1) is 38.3 Å². The quantitative estimate of drug-likeness (QED) is 0.409. The van der Waals surface area contributed by atoms with Crippen molar-refractivity contribution in [1.82, 2.24) is 34.5 Å². The van der Waals surface area contributed by atoms with Crippen molar-refractivity contribution in [2.45, 2.75) is 31.4 Å². The van der Waals surface area contributed by atoms with E-state index in [1.807, 2.05) is 0 Å². The second kappa shape index (κ2) is 8.59. The first kappa shape index (κ1) is 21.9. The second-order valence-electron chi connectivity index (χ2n) is 8.36. The van der Waals surface area contributed by atoms with Gasteiger partial charge < -0.3 is 15.0 Å². The fourth-order valence-corrected chi connectivity index (χ4v) is 4.25. The van der Waals surface area contributed by atoms with Crippen LogP contribution in [0.5, 0.6) is 5.88 Å². The van der Waals surface area contributed by atoms with Crippen LogP contribution in [-0.4, -0.2) is 80.1 Å². The van der Waals surface area contributed by atoms with E-state index in [0.717, 1.165) is 9.20 Å². The molecule has 1 saturated heterocycles. The molecular formula is C21H21F5N8O. The van der Waals surface area contributed by atoms with E-state index in [1.165, 1.54) is 30.2 Å². The molecule has 35 heavy (non-hydrogen) atoms. The molecule has 1 fully saturated rings. The normalized spacial score (nSPS) is 19.0. The van der Waals surface area contributed by atoms with Gasteiger partial charge in [-0.05, 0) is 31.2 Å². The molecule has 14 heteroatoms. The molecule has 4 heterocycles. The average molecular weight is 497 g/mol. The lowest BCUT2D eigenvalue weighted by Gasteiger charge is -2.36. The lowest BCUT2D eigenvalue weighted by atomic mass is 10.0. The molecule has 3 aromatic heterocycles. The molecule has 0 radical (unpaired) electrons. The van der Waals surface area contributed by atoms with Crippen molar-refractivity contribution in [2.24, 2.45) is 0 Å². The molecule has 1 aromatic carbocycles. The van der Waals surface area contributed by atoms with Gasteiger partial charge in [-0.15, -0.1) is 10.2 Å². The topological polar surface area (TPSA) is 85.4 Å². The van der Waals surface area contributed by atoms with E-state index in [2.05, 4.69) is 25.7 Å². The van der Waals surface area contributed by atoms with Gasteiger partial charge in [0.15, 0.2) is 5.82 Å². The van der Waals surface area contributed by atoms with E-state index in [1.54, 1.807) is 7.05 Å². The number of benzene rings is 1.